The highest BCUT2D eigenvalue weighted by Crippen LogP contribution is 2.36. The standard InChI is InChI=1S/C44H55N5O12/c1-7-19-59-44(56)48-39(27(2)3)41(53)45-28(4)40(52)46-32-16-14-29(15-17-32)25-61-43(55)47-35-23-37(60-26-31-12-10-11-30(20-31)21-38(51)58-6)36(57-5)22-34(35)42(54)49-18-9-8-13-33(49)24-50/h7,10-12,14-17,20,22-23,27-28,33,39,50H,1,8-9,13,18-19,21,24-26H2,2-6H3,(H,45,53)(H,46,52)(H,47,55)(H,48,56)/t28?,33-,39?/m0/s1. The van der Waals surface area contributed by atoms with Gasteiger partial charge in [0.25, 0.3) is 5.91 Å². The number of amides is 5. The summed E-state index contributed by atoms with van der Waals surface area (Å²) in [6.07, 6.45) is 2.08. The number of carbonyl (C=O) groups is 6. The van der Waals surface area contributed by atoms with Gasteiger partial charge in [-0.2, -0.15) is 0 Å². The number of piperidine rings is 1. The second kappa shape index (κ2) is 23.2. The second-order valence-electron chi connectivity index (χ2n) is 14.6. The molecule has 0 spiro atoms. The molecular weight excluding hydrogens is 791 g/mol. The lowest BCUT2D eigenvalue weighted by Crippen LogP contribution is -2.53. The van der Waals surface area contributed by atoms with E-state index in [0.29, 0.717) is 24.2 Å². The number of carbonyl (C=O) groups excluding carboxylic acids is 6. The largest absolute Gasteiger partial charge is 0.493 e. The van der Waals surface area contributed by atoms with Gasteiger partial charge in [-0.3, -0.25) is 24.5 Å². The fraction of sp³-hybridized carbons (Fsp3) is 0.409. The minimum Gasteiger partial charge on any atom is -0.493 e. The number of ether oxygens (including phenoxy) is 5. The van der Waals surface area contributed by atoms with Crippen LogP contribution in [0.15, 0.2) is 73.3 Å². The van der Waals surface area contributed by atoms with E-state index in [1.165, 1.54) is 39.4 Å². The third kappa shape index (κ3) is 14.0. The first-order valence-electron chi connectivity index (χ1n) is 19.9. The summed E-state index contributed by atoms with van der Waals surface area (Å²) >= 11 is 0. The number of rotatable bonds is 19. The van der Waals surface area contributed by atoms with E-state index in [-0.39, 0.29) is 67.5 Å². The van der Waals surface area contributed by atoms with Gasteiger partial charge in [-0.05, 0) is 67.0 Å². The molecule has 0 aromatic heterocycles. The molecule has 0 bridgehead atoms. The second-order valence-corrected chi connectivity index (χ2v) is 14.6. The van der Waals surface area contributed by atoms with E-state index >= 15 is 0 Å². The van der Waals surface area contributed by atoms with Gasteiger partial charge in [0.05, 0.1) is 44.5 Å². The molecule has 0 radical (unpaired) electrons. The van der Waals surface area contributed by atoms with Crippen LogP contribution in [0.5, 0.6) is 11.5 Å². The molecule has 0 saturated carbocycles. The summed E-state index contributed by atoms with van der Waals surface area (Å²) < 4.78 is 26.9. The van der Waals surface area contributed by atoms with E-state index in [0.717, 1.165) is 24.0 Å². The van der Waals surface area contributed by atoms with Gasteiger partial charge >= 0.3 is 18.2 Å². The Labute approximate surface area is 355 Å². The number of methoxy groups -OCH3 is 2. The predicted molar refractivity (Wildman–Crippen MR) is 225 cm³/mol. The average Bonchev–Trinajstić information content (AvgIpc) is 3.26. The summed E-state index contributed by atoms with van der Waals surface area (Å²) in [7, 11) is 2.75. The fourth-order valence-electron chi connectivity index (χ4n) is 6.39. The van der Waals surface area contributed by atoms with Crippen molar-refractivity contribution < 1.29 is 57.6 Å². The number of alkyl carbamates (subject to hydrolysis) is 1. The Bertz CT molecular complexity index is 2020. The first-order chi connectivity index (χ1) is 29.3. The first kappa shape index (κ1) is 47.1. The van der Waals surface area contributed by atoms with E-state index in [4.69, 9.17) is 23.7 Å². The van der Waals surface area contributed by atoms with Crippen molar-refractivity contribution in [3.05, 3.63) is 95.6 Å². The molecule has 1 fully saturated rings. The number of nitrogens with one attached hydrogen (secondary N) is 4. The van der Waals surface area contributed by atoms with Crippen LogP contribution in [0.25, 0.3) is 0 Å². The molecule has 4 rings (SSSR count). The van der Waals surface area contributed by atoms with Crippen LogP contribution in [0.1, 0.15) is 67.1 Å². The maximum absolute atomic E-state index is 14.0. The Kier molecular flexibility index (Phi) is 17.9. The van der Waals surface area contributed by atoms with Crippen molar-refractivity contribution in [1.29, 1.82) is 0 Å². The molecular formula is C44H55N5O12. The lowest BCUT2D eigenvalue weighted by atomic mass is 10.0. The molecule has 2 unspecified atom stereocenters. The van der Waals surface area contributed by atoms with Crippen molar-refractivity contribution >= 4 is 47.3 Å². The van der Waals surface area contributed by atoms with Gasteiger partial charge < -0.3 is 49.6 Å². The number of anilines is 2. The van der Waals surface area contributed by atoms with Gasteiger partial charge in [0.15, 0.2) is 11.5 Å². The number of hydrogen-bond acceptors (Lipinski definition) is 12. The molecule has 1 aliphatic rings. The molecule has 17 heteroatoms. The molecule has 5 N–H and O–H groups in total. The van der Waals surface area contributed by atoms with E-state index in [9.17, 15) is 33.9 Å². The monoisotopic (exact) mass is 845 g/mol. The summed E-state index contributed by atoms with van der Waals surface area (Å²) in [6, 6.07) is 14.3. The Morgan fingerprint density at radius 2 is 1.57 bits per heavy atom. The van der Waals surface area contributed by atoms with Crippen LogP contribution in [-0.2, 0) is 48.2 Å². The number of aliphatic hydroxyl groups excluding tert-OH is 1. The first-order valence-corrected chi connectivity index (χ1v) is 19.9. The van der Waals surface area contributed by atoms with E-state index in [1.807, 2.05) is 6.07 Å². The predicted octanol–water partition coefficient (Wildman–Crippen LogP) is 5.11. The lowest BCUT2D eigenvalue weighted by Gasteiger charge is -2.35. The Morgan fingerprint density at radius 1 is 0.836 bits per heavy atom. The Morgan fingerprint density at radius 3 is 2.25 bits per heavy atom. The van der Waals surface area contributed by atoms with Crippen LogP contribution in [0, 0.1) is 5.92 Å². The van der Waals surface area contributed by atoms with Gasteiger partial charge in [0, 0.05) is 18.3 Å². The zero-order valence-electron chi connectivity index (χ0n) is 35.1. The molecule has 3 aromatic carbocycles. The van der Waals surface area contributed by atoms with Gasteiger partial charge in [0.2, 0.25) is 11.8 Å². The van der Waals surface area contributed by atoms with E-state index < -0.39 is 48.0 Å². The minimum absolute atomic E-state index is 0.0227. The van der Waals surface area contributed by atoms with Crippen molar-refractivity contribution in [2.75, 3.05) is 44.6 Å². The van der Waals surface area contributed by atoms with Crippen LogP contribution in [-0.4, -0.2) is 98.0 Å². The fourth-order valence-corrected chi connectivity index (χ4v) is 6.39. The number of benzene rings is 3. The van der Waals surface area contributed by atoms with Gasteiger partial charge in [0.1, 0.15) is 31.9 Å². The van der Waals surface area contributed by atoms with Crippen molar-refractivity contribution in [2.45, 2.75) is 77.8 Å². The highest BCUT2D eigenvalue weighted by atomic mass is 16.6. The molecule has 1 aliphatic heterocycles. The normalized spacial score (nSPS) is 14.4. The van der Waals surface area contributed by atoms with Crippen molar-refractivity contribution in [1.82, 2.24) is 15.5 Å². The maximum atomic E-state index is 14.0. The molecule has 3 atom stereocenters. The van der Waals surface area contributed by atoms with Crippen LogP contribution in [0.3, 0.4) is 0 Å². The smallest absolute Gasteiger partial charge is 0.411 e. The number of nitrogens with zero attached hydrogens (tertiary/aromatic N) is 1. The SMILES string of the molecule is C=CCOC(=O)NC(C(=O)NC(C)C(=O)Nc1ccc(COC(=O)Nc2cc(OCc3cccc(CC(=O)OC)c3)c(OC)cc2C(=O)N2CCCC[C@H]2CO)cc1)C(C)C. The van der Waals surface area contributed by atoms with Crippen LogP contribution < -0.4 is 30.7 Å². The molecule has 328 valence electrons. The van der Waals surface area contributed by atoms with Crippen LogP contribution >= 0.6 is 0 Å². The average molecular weight is 846 g/mol. The van der Waals surface area contributed by atoms with Crippen molar-refractivity contribution in [2.24, 2.45) is 5.92 Å². The minimum atomic E-state index is -0.958. The third-order valence-corrected chi connectivity index (χ3v) is 9.73. The van der Waals surface area contributed by atoms with Gasteiger partial charge in [-0.15, -0.1) is 0 Å². The number of likely N-dealkylation sites (tertiary alicyclic amines) is 1. The van der Waals surface area contributed by atoms with E-state index in [2.05, 4.69) is 27.8 Å². The van der Waals surface area contributed by atoms with Crippen molar-refractivity contribution in [3.63, 3.8) is 0 Å². The van der Waals surface area contributed by atoms with Gasteiger partial charge in [-0.1, -0.05) is 62.9 Å². The summed E-state index contributed by atoms with van der Waals surface area (Å²) in [5.41, 5.74) is 2.67. The highest BCUT2D eigenvalue weighted by Gasteiger charge is 2.31. The molecule has 17 nitrogen and oxygen atoms in total. The molecule has 0 aliphatic carbocycles. The van der Waals surface area contributed by atoms with E-state index in [1.54, 1.807) is 61.2 Å². The topological polar surface area (TPSA) is 220 Å². The molecule has 5 amide bonds. The Hall–Kier alpha value is -6.62. The number of esters is 1. The summed E-state index contributed by atoms with van der Waals surface area (Å²) in [4.78, 5) is 78.5. The van der Waals surface area contributed by atoms with Crippen LogP contribution in [0.2, 0.25) is 0 Å². The summed E-state index contributed by atoms with van der Waals surface area (Å²) in [5, 5.41) is 20.5. The molecule has 1 saturated heterocycles. The van der Waals surface area contributed by atoms with Gasteiger partial charge in [-0.25, -0.2) is 9.59 Å². The summed E-state index contributed by atoms with van der Waals surface area (Å²) in [5.74, 6) is -1.72. The number of hydrogen-bond donors (Lipinski definition) is 5. The zero-order chi connectivity index (χ0) is 44.5. The quantitative estimate of drug-likeness (QED) is 0.0604. The molecule has 3 aromatic rings. The highest BCUT2D eigenvalue weighted by molar-refractivity contribution is 6.04. The molecule has 61 heavy (non-hydrogen) atoms. The van der Waals surface area contributed by atoms with Crippen molar-refractivity contribution in [3.8, 4) is 11.5 Å². The lowest BCUT2D eigenvalue weighted by molar-refractivity contribution is -0.139. The zero-order valence-corrected chi connectivity index (χ0v) is 35.1. The Balaban J connectivity index is 1.43. The number of aliphatic hydroxyl groups is 1. The summed E-state index contributed by atoms with van der Waals surface area (Å²) in [6.45, 7) is 8.54. The van der Waals surface area contributed by atoms with Crippen LogP contribution in [0.4, 0.5) is 21.0 Å². The third-order valence-electron chi connectivity index (χ3n) is 9.73. The molecule has 1 heterocycles. The maximum Gasteiger partial charge on any atom is 0.411 e.